The lowest BCUT2D eigenvalue weighted by Gasteiger charge is -2.35. The zero-order valence-electron chi connectivity index (χ0n) is 13.9. The van der Waals surface area contributed by atoms with Crippen LogP contribution in [0.1, 0.15) is 30.7 Å². The molecular formula is C20H21NO4. The molecule has 130 valence electrons. The van der Waals surface area contributed by atoms with E-state index in [-0.39, 0.29) is 5.91 Å². The van der Waals surface area contributed by atoms with Crippen LogP contribution in [-0.4, -0.2) is 23.6 Å². The third kappa shape index (κ3) is 4.83. The third-order valence-corrected chi connectivity index (χ3v) is 4.46. The summed E-state index contributed by atoms with van der Waals surface area (Å²) in [4.78, 5) is 22.7. The van der Waals surface area contributed by atoms with Gasteiger partial charge in [0.1, 0.15) is 5.75 Å². The monoisotopic (exact) mass is 339 g/mol. The van der Waals surface area contributed by atoms with E-state index in [0.29, 0.717) is 29.7 Å². The van der Waals surface area contributed by atoms with Crippen LogP contribution in [0.2, 0.25) is 0 Å². The molecule has 0 aliphatic heterocycles. The van der Waals surface area contributed by atoms with Crippen LogP contribution in [0.3, 0.4) is 0 Å². The number of carbonyl (C=O) groups excluding carboxylic acids is 1. The lowest BCUT2D eigenvalue weighted by Crippen LogP contribution is -2.26. The molecule has 0 bridgehead atoms. The van der Waals surface area contributed by atoms with Crippen LogP contribution in [-0.2, 0) is 9.59 Å². The van der Waals surface area contributed by atoms with Gasteiger partial charge in [-0.05, 0) is 42.4 Å². The first-order valence-electron chi connectivity index (χ1n) is 8.39. The van der Waals surface area contributed by atoms with E-state index in [2.05, 4.69) is 29.6 Å². The molecule has 1 amide bonds. The fraction of sp³-hybridized carbons (Fsp3) is 0.300. The summed E-state index contributed by atoms with van der Waals surface area (Å²) in [6.07, 6.45) is 2.59. The summed E-state index contributed by atoms with van der Waals surface area (Å²) >= 11 is 0. The van der Waals surface area contributed by atoms with Crippen LogP contribution in [0.15, 0.2) is 54.6 Å². The largest absolute Gasteiger partial charge is 0.482 e. The van der Waals surface area contributed by atoms with Crippen molar-refractivity contribution >= 4 is 17.6 Å². The zero-order chi connectivity index (χ0) is 17.6. The van der Waals surface area contributed by atoms with E-state index in [9.17, 15) is 9.59 Å². The van der Waals surface area contributed by atoms with Crippen LogP contribution in [0.4, 0.5) is 5.69 Å². The van der Waals surface area contributed by atoms with Crippen molar-refractivity contribution in [2.24, 2.45) is 5.92 Å². The first-order valence-corrected chi connectivity index (χ1v) is 8.39. The second-order valence-electron chi connectivity index (χ2n) is 6.41. The highest BCUT2D eigenvalue weighted by Gasteiger charge is 2.31. The van der Waals surface area contributed by atoms with Gasteiger partial charge in [-0.15, -0.1) is 0 Å². The van der Waals surface area contributed by atoms with Crippen molar-refractivity contribution in [3.8, 4) is 5.75 Å². The molecule has 3 rings (SSSR count). The zero-order valence-corrected chi connectivity index (χ0v) is 13.9. The summed E-state index contributed by atoms with van der Waals surface area (Å²) in [5.74, 6) is 0.343. The molecule has 1 saturated carbocycles. The molecule has 5 nitrogen and oxygen atoms in total. The Bertz CT molecular complexity index is 738. The molecule has 25 heavy (non-hydrogen) atoms. The summed E-state index contributed by atoms with van der Waals surface area (Å²) in [7, 11) is 0. The Balaban J connectivity index is 1.46. The lowest BCUT2D eigenvalue weighted by atomic mass is 9.70. The van der Waals surface area contributed by atoms with Gasteiger partial charge in [0.2, 0.25) is 5.91 Å². The van der Waals surface area contributed by atoms with E-state index in [1.807, 2.05) is 6.07 Å². The van der Waals surface area contributed by atoms with Crippen molar-refractivity contribution in [3.05, 3.63) is 60.2 Å². The number of hydrogen-bond donors (Lipinski definition) is 2. The summed E-state index contributed by atoms with van der Waals surface area (Å²) in [5.41, 5.74) is 1.97. The molecule has 0 heterocycles. The number of carbonyl (C=O) groups is 2. The Hall–Kier alpha value is -2.82. The predicted molar refractivity (Wildman–Crippen MR) is 94.7 cm³/mol. The molecule has 1 aliphatic carbocycles. The minimum Gasteiger partial charge on any atom is -0.482 e. The maximum Gasteiger partial charge on any atom is 0.341 e. The van der Waals surface area contributed by atoms with Crippen molar-refractivity contribution < 1.29 is 19.4 Å². The van der Waals surface area contributed by atoms with Gasteiger partial charge in [-0.25, -0.2) is 4.79 Å². The van der Waals surface area contributed by atoms with E-state index in [4.69, 9.17) is 9.84 Å². The number of ether oxygens (including phenoxy) is 1. The van der Waals surface area contributed by atoms with E-state index in [1.165, 1.54) is 5.56 Å². The van der Waals surface area contributed by atoms with Crippen LogP contribution < -0.4 is 10.1 Å². The predicted octanol–water partition coefficient (Wildman–Crippen LogP) is 3.67. The van der Waals surface area contributed by atoms with Crippen molar-refractivity contribution in [2.45, 2.75) is 25.2 Å². The molecule has 2 aromatic rings. The van der Waals surface area contributed by atoms with Gasteiger partial charge < -0.3 is 15.2 Å². The topological polar surface area (TPSA) is 75.6 Å². The SMILES string of the molecule is O=C(O)COc1cccc(NC(=O)CC2CC(c3ccccc3)C2)c1. The second-order valence-corrected chi connectivity index (χ2v) is 6.41. The van der Waals surface area contributed by atoms with Crippen molar-refractivity contribution in [3.63, 3.8) is 0 Å². The number of amides is 1. The molecule has 0 radical (unpaired) electrons. The maximum atomic E-state index is 12.2. The van der Waals surface area contributed by atoms with Crippen molar-refractivity contribution in [1.82, 2.24) is 0 Å². The molecule has 5 heteroatoms. The number of rotatable bonds is 7. The first-order chi connectivity index (χ1) is 12.1. The highest BCUT2D eigenvalue weighted by atomic mass is 16.5. The quantitative estimate of drug-likeness (QED) is 0.807. The van der Waals surface area contributed by atoms with Crippen molar-refractivity contribution in [1.29, 1.82) is 0 Å². The first kappa shape index (κ1) is 17.0. The molecule has 0 saturated heterocycles. The van der Waals surface area contributed by atoms with Gasteiger partial charge in [0.05, 0.1) is 0 Å². The van der Waals surface area contributed by atoms with Crippen LogP contribution >= 0.6 is 0 Å². The minimum atomic E-state index is -1.03. The minimum absolute atomic E-state index is 0.0214. The number of carboxylic acid groups (broad SMARTS) is 1. The number of hydrogen-bond acceptors (Lipinski definition) is 3. The van der Waals surface area contributed by atoms with Gasteiger partial charge in [0, 0.05) is 18.2 Å². The molecular weight excluding hydrogens is 318 g/mol. The Morgan fingerprint density at radius 1 is 1.08 bits per heavy atom. The second kappa shape index (κ2) is 7.83. The molecule has 0 atom stereocenters. The Kier molecular flexibility index (Phi) is 5.33. The van der Waals surface area contributed by atoms with Gasteiger partial charge in [0.25, 0.3) is 0 Å². The van der Waals surface area contributed by atoms with Crippen LogP contribution in [0, 0.1) is 5.92 Å². The number of benzene rings is 2. The van der Waals surface area contributed by atoms with Crippen LogP contribution in [0.25, 0.3) is 0 Å². The molecule has 1 fully saturated rings. The van der Waals surface area contributed by atoms with Gasteiger partial charge in [-0.1, -0.05) is 36.4 Å². The Morgan fingerprint density at radius 2 is 1.84 bits per heavy atom. The number of nitrogens with one attached hydrogen (secondary N) is 1. The van der Waals surface area contributed by atoms with E-state index >= 15 is 0 Å². The maximum absolute atomic E-state index is 12.2. The summed E-state index contributed by atoms with van der Waals surface area (Å²) < 4.78 is 5.12. The lowest BCUT2D eigenvalue weighted by molar-refractivity contribution is -0.139. The fourth-order valence-corrected chi connectivity index (χ4v) is 3.18. The average Bonchev–Trinajstić information content (AvgIpc) is 2.57. The Labute approximate surface area is 146 Å². The highest BCUT2D eigenvalue weighted by Crippen LogP contribution is 2.43. The van der Waals surface area contributed by atoms with Gasteiger partial charge >= 0.3 is 5.97 Å². The number of anilines is 1. The molecule has 0 unspecified atom stereocenters. The molecule has 0 spiro atoms. The molecule has 2 aromatic carbocycles. The third-order valence-electron chi connectivity index (χ3n) is 4.46. The highest BCUT2D eigenvalue weighted by molar-refractivity contribution is 5.91. The molecule has 0 aromatic heterocycles. The van der Waals surface area contributed by atoms with Gasteiger partial charge in [-0.2, -0.15) is 0 Å². The van der Waals surface area contributed by atoms with Crippen molar-refractivity contribution in [2.75, 3.05) is 11.9 Å². The smallest absolute Gasteiger partial charge is 0.341 e. The van der Waals surface area contributed by atoms with Gasteiger partial charge in [0.15, 0.2) is 6.61 Å². The number of aliphatic carboxylic acids is 1. The van der Waals surface area contributed by atoms with E-state index in [0.717, 1.165) is 12.8 Å². The standard InChI is InChI=1S/C20H21NO4/c22-19(11-14-9-16(10-14)15-5-2-1-3-6-15)21-17-7-4-8-18(12-17)25-13-20(23)24/h1-8,12,14,16H,9-11,13H2,(H,21,22)(H,23,24). The Morgan fingerprint density at radius 3 is 2.56 bits per heavy atom. The summed E-state index contributed by atoms with van der Waals surface area (Å²) in [6.45, 7) is -0.402. The fourth-order valence-electron chi connectivity index (χ4n) is 3.18. The molecule has 2 N–H and O–H groups in total. The van der Waals surface area contributed by atoms with E-state index < -0.39 is 12.6 Å². The van der Waals surface area contributed by atoms with Gasteiger partial charge in [-0.3, -0.25) is 4.79 Å². The summed E-state index contributed by atoms with van der Waals surface area (Å²) in [6, 6.07) is 17.2. The average molecular weight is 339 g/mol. The normalized spacial score (nSPS) is 18.9. The number of carboxylic acids is 1. The van der Waals surface area contributed by atoms with E-state index in [1.54, 1.807) is 24.3 Å². The van der Waals surface area contributed by atoms with Crippen LogP contribution in [0.5, 0.6) is 5.75 Å². The molecule has 1 aliphatic rings. The summed E-state index contributed by atoms with van der Waals surface area (Å²) in [5, 5.41) is 11.5.